The summed E-state index contributed by atoms with van der Waals surface area (Å²) in [4.78, 5) is 38.7. The molecule has 7 heteroatoms. The summed E-state index contributed by atoms with van der Waals surface area (Å²) in [6.07, 6.45) is 3.40. The molecule has 0 bridgehead atoms. The average molecular weight is 279 g/mol. The van der Waals surface area contributed by atoms with Crippen LogP contribution < -0.4 is 5.32 Å². The van der Waals surface area contributed by atoms with Crippen LogP contribution in [0.1, 0.15) is 24.8 Å². The normalized spacial score (nSPS) is 9.85. The highest BCUT2D eigenvalue weighted by molar-refractivity contribution is 5.94. The van der Waals surface area contributed by atoms with Crippen molar-refractivity contribution in [1.82, 2.24) is 15.2 Å². The summed E-state index contributed by atoms with van der Waals surface area (Å²) < 4.78 is 0. The predicted octanol–water partition coefficient (Wildman–Crippen LogP) is 1.00. The first-order valence-corrected chi connectivity index (χ1v) is 6.14. The lowest BCUT2D eigenvalue weighted by Crippen LogP contribution is -2.40. The molecule has 1 heterocycles. The molecule has 0 aliphatic carbocycles. The molecule has 0 fully saturated rings. The van der Waals surface area contributed by atoms with Crippen molar-refractivity contribution in [3.8, 4) is 0 Å². The first-order chi connectivity index (χ1) is 9.49. The molecule has 3 amide bonds. The van der Waals surface area contributed by atoms with Crippen molar-refractivity contribution < 1.29 is 19.5 Å². The number of pyridine rings is 1. The second kappa shape index (κ2) is 7.88. The Bertz CT molecular complexity index is 476. The van der Waals surface area contributed by atoms with E-state index in [1.165, 1.54) is 4.90 Å². The fraction of sp³-hybridized carbons (Fsp3) is 0.385. The Morgan fingerprint density at radius 1 is 1.35 bits per heavy atom. The van der Waals surface area contributed by atoms with Crippen molar-refractivity contribution in [3.05, 3.63) is 30.1 Å². The van der Waals surface area contributed by atoms with Gasteiger partial charge in [-0.2, -0.15) is 0 Å². The zero-order valence-electron chi connectivity index (χ0n) is 11.2. The molecule has 0 unspecified atom stereocenters. The van der Waals surface area contributed by atoms with E-state index in [2.05, 4.69) is 10.3 Å². The van der Waals surface area contributed by atoms with Crippen LogP contribution in [0, 0.1) is 0 Å². The molecular weight excluding hydrogens is 262 g/mol. The van der Waals surface area contributed by atoms with Crippen LogP contribution in [0.4, 0.5) is 4.79 Å². The largest absolute Gasteiger partial charge is 0.481 e. The van der Waals surface area contributed by atoms with Gasteiger partial charge >= 0.3 is 12.0 Å². The Labute approximate surface area is 116 Å². The number of hydrogen-bond donors (Lipinski definition) is 2. The summed E-state index contributed by atoms with van der Waals surface area (Å²) in [6, 6.07) is 3.07. The van der Waals surface area contributed by atoms with Gasteiger partial charge in [0.2, 0.25) is 5.91 Å². The maximum absolute atomic E-state index is 11.7. The van der Waals surface area contributed by atoms with Gasteiger partial charge < -0.3 is 10.0 Å². The number of imide groups is 1. The van der Waals surface area contributed by atoms with E-state index in [4.69, 9.17) is 5.11 Å². The summed E-state index contributed by atoms with van der Waals surface area (Å²) in [5.74, 6) is -1.44. The molecule has 2 N–H and O–H groups in total. The number of amides is 3. The van der Waals surface area contributed by atoms with Crippen molar-refractivity contribution in [1.29, 1.82) is 0 Å². The average Bonchev–Trinajstić information content (AvgIpc) is 2.39. The number of urea groups is 1. The number of rotatable bonds is 6. The Kier molecular flexibility index (Phi) is 6.15. The number of aliphatic carboxylic acids is 1. The van der Waals surface area contributed by atoms with Gasteiger partial charge in [-0.3, -0.25) is 19.9 Å². The molecule has 0 atom stereocenters. The minimum absolute atomic E-state index is 0.0127. The van der Waals surface area contributed by atoms with E-state index >= 15 is 0 Å². The fourth-order valence-corrected chi connectivity index (χ4v) is 1.51. The van der Waals surface area contributed by atoms with E-state index in [0.717, 1.165) is 5.56 Å². The van der Waals surface area contributed by atoms with Crippen LogP contribution in [0.25, 0.3) is 0 Å². The number of nitrogens with zero attached hydrogens (tertiary/aromatic N) is 2. The molecule has 0 spiro atoms. The standard InChI is InChI=1S/C13H17N3O4/c1-16(9-10-4-3-7-14-8-10)13(20)15-11(17)5-2-6-12(18)19/h3-4,7-8H,2,5-6,9H2,1H3,(H,18,19)(H,15,17,20). The Morgan fingerprint density at radius 3 is 2.70 bits per heavy atom. The lowest BCUT2D eigenvalue weighted by Gasteiger charge is -2.17. The van der Waals surface area contributed by atoms with Crippen LogP contribution in [-0.4, -0.2) is 39.9 Å². The Hall–Kier alpha value is -2.44. The zero-order chi connectivity index (χ0) is 15.0. The van der Waals surface area contributed by atoms with Gasteiger partial charge in [0.15, 0.2) is 0 Å². The van der Waals surface area contributed by atoms with Crippen molar-refractivity contribution in [2.45, 2.75) is 25.8 Å². The molecule has 108 valence electrons. The van der Waals surface area contributed by atoms with E-state index in [0.29, 0.717) is 6.54 Å². The highest BCUT2D eigenvalue weighted by atomic mass is 16.4. The molecule has 0 aliphatic rings. The lowest BCUT2D eigenvalue weighted by atomic mass is 10.2. The first kappa shape index (κ1) is 15.6. The lowest BCUT2D eigenvalue weighted by molar-refractivity contribution is -0.137. The van der Waals surface area contributed by atoms with Crippen LogP contribution in [-0.2, 0) is 16.1 Å². The Balaban J connectivity index is 2.34. The predicted molar refractivity (Wildman–Crippen MR) is 70.7 cm³/mol. The quantitative estimate of drug-likeness (QED) is 0.809. The van der Waals surface area contributed by atoms with Crippen LogP contribution >= 0.6 is 0 Å². The minimum Gasteiger partial charge on any atom is -0.481 e. The van der Waals surface area contributed by atoms with Crippen molar-refractivity contribution >= 4 is 17.9 Å². The van der Waals surface area contributed by atoms with Crippen molar-refractivity contribution in [3.63, 3.8) is 0 Å². The van der Waals surface area contributed by atoms with Gasteiger partial charge in [-0.25, -0.2) is 4.79 Å². The smallest absolute Gasteiger partial charge is 0.324 e. The Morgan fingerprint density at radius 2 is 2.10 bits per heavy atom. The highest BCUT2D eigenvalue weighted by Gasteiger charge is 2.13. The fourth-order valence-electron chi connectivity index (χ4n) is 1.51. The monoisotopic (exact) mass is 279 g/mol. The molecule has 0 saturated heterocycles. The SMILES string of the molecule is CN(Cc1cccnc1)C(=O)NC(=O)CCCC(=O)O. The van der Waals surface area contributed by atoms with Crippen LogP contribution in [0.3, 0.4) is 0 Å². The van der Waals surface area contributed by atoms with Gasteiger partial charge in [0.1, 0.15) is 0 Å². The van der Waals surface area contributed by atoms with Gasteiger partial charge in [-0.1, -0.05) is 6.07 Å². The highest BCUT2D eigenvalue weighted by Crippen LogP contribution is 2.01. The summed E-state index contributed by atoms with van der Waals surface area (Å²) in [5, 5.41) is 10.7. The van der Waals surface area contributed by atoms with E-state index in [1.54, 1.807) is 25.5 Å². The number of nitrogens with one attached hydrogen (secondary N) is 1. The molecule has 7 nitrogen and oxygen atoms in total. The maximum atomic E-state index is 11.7. The van der Waals surface area contributed by atoms with E-state index in [-0.39, 0.29) is 19.3 Å². The third-order valence-corrected chi connectivity index (χ3v) is 2.53. The number of carboxylic acids is 1. The number of carbonyl (C=O) groups is 3. The van der Waals surface area contributed by atoms with Gasteiger partial charge in [-0.15, -0.1) is 0 Å². The van der Waals surface area contributed by atoms with Gasteiger partial charge in [0.25, 0.3) is 0 Å². The van der Waals surface area contributed by atoms with Gasteiger partial charge in [-0.05, 0) is 18.1 Å². The molecule has 1 rings (SSSR count). The number of hydrogen-bond acceptors (Lipinski definition) is 4. The van der Waals surface area contributed by atoms with E-state index in [1.807, 2.05) is 6.07 Å². The number of carbonyl (C=O) groups excluding carboxylic acids is 2. The third kappa shape index (κ3) is 5.94. The van der Waals surface area contributed by atoms with Crippen LogP contribution in [0.5, 0.6) is 0 Å². The number of aromatic nitrogens is 1. The molecule has 0 aromatic carbocycles. The third-order valence-electron chi connectivity index (χ3n) is 2.53. The molecule has 1 aromatic heterocycles. The van der Waals surface area contributed by atoms with Crippen molar-refractivity contribution in [2.24, 2.45) is 0 Å². The summed E-state index contributed by atoms with van der Waals surface area (Å²) in [5.41, 5.74) is 0.850. The molecule has 0 saturated carbocycles. The van der Waals surface area contributed by atoms with Crippen molar-refractivity contribution in [2.75, 3.05) is 7.05 Å². The van der Waals surface area contributed by atoms with E-state index in [9.17, 15) is 14.4 Å². The van der Waals surface area contributed by atoms with Gasteiger partial charge in [0, 0.05) is 38.8 Å². The summed E-state index contributed by atoms with van der Waals surface area (Å²) in [7, 11) is 1.56. The second-order valence-corrected chi connectivity index (χ2v) is 4.32. The van der Waals surface area contributed by atoms with Crippen LogP contribution in [0.15, 0.2) is 24.5 Å². The topological polar surface area (TPSA) is 99.6 Å². The molecule has 0 aliphatic heterocycles. The summed E-state index contributed by atoms with van der Waals surface area (Å²) >= 11 is 0. The number of carboxylic acid groups (broad SMARTS) is 1. The van der Waals surface area contributed by atoms with Crippen LogP contribution in [0.2, 0.25) is 0 Å². The van der Waals surface area contributed by atoms with Gasteiger partial charge in [0.05, 0.1) is 0 Å². The molecule has 0 radical (unpaired) electrons. The second-order valence-electron chi connectivity index (χ2n) is 4.32. The molecule has 20 heavy (non-hydrogen) atoms. The molecule has 1 aromatic rings. The van der Waals surface area contributed by atoms with E-state index < -0.39 is 17.9 Å². The molecular formula is C13H17N3O4. The maximum Gasteiger partial charge on any atom is 0.324 e. The first-order valence-electron chi connectivity index (χ1n) is 6.14. The minimum atomic E-state index is -0.960. The zero-order valence-corrected chi connectivity index (χ0v) is 11.2. The summed E-state index contributed by atoms with van der Waals surface area (Å²) in [6.45, 7) is 0.335.